The second-order valence-electron chi connectivity index (χ2n) is 10.3. The predicted octanol–water partition coefficient (Wildman–Crippen LogP) is -0.558. The number of carbonyl (C=O) groups is 6. The summed E-state index contributed by atoms with van der Waals surface area (Å²) in [6, 6.07) is 14.7. The zero-order chi connectivity index (χ0) is 31.9. The number of hydrogen-bond donors (Lipinski definition) is 6. The number of hydrogen-bond acceptors (Lipinski definition) is 6. The van der Waals surface area contributed by atoms with Crippen LogP contribution in [0.2, 0.25) is 0 Å². The van der Waals surface area contributed by atoms with Crippen molar-refractivity contribution >= 4 is 54.9 Å². The van der Waals surface area contributed by atoms with Crippen LogP contribution in [0.25, 0.3) is 0 Å². The molecular formula is C30H39N5O7Se. The Kier molecular flexibility index (Phi) is 14.4. The molecule has 0 bridgehead atoms. The van der Waals surface area contributed by atoms with E-state index >= 15 is 0 Å². The van der Waals surface area contributed by atoms with Gasteiger partial charge in [0.1, 0.15) is 0 Å². The Balaban J connectivity index is 2.32. The van der Waals surface area contributed by atoms with E-state index in [1.165, 1.54) is 13.8 Å². The average Bonchev–Trinajstić information content (AvgIpc) is 2.95. The van der Waals surface area contributed by atoms with Crippen LogP contribution in [0.4, 0.5) is 0 Å². The van der Waals surface area contributed by atoms with Crippen molar-refractivity contribution in [1.29, 1.82) is 0 Å². The fourth-order valence-corrected chi connectivity index (χ4v) is 5.81. The van der Waals surface area contributed by atoms with Gasteiger partial charge in [0.2, 0.25) is 0 Å². The van der Waals surface area contributed by atoms with E-state index in [1.54, 1.807) is 42.5 Å². The molecule has 0 unspecified atom stereocenters. The second-order valence-corrected chi connectivity index (χ2v) is 12.8. The van der Waals surface area contributed by atoms with Crippen molar-refractivity contribution in [2.75, 3.05) is 6.54 Å². The van der Waals surface area contributed by atoms with Crippen LogP contribution in [0.15, 0.2) is 60.7 Å². The first-order valence-corrected chi connectivity index (χ1v) is 15.6. The van der Waals surface area contributed by atoms with E-state index in [-0.39, 0.29) is 25.3 Å². The molecule has 13 heteroatoms. The number of nitrogens with one attached hydrogen (secondary N) is 5. The van der Waals surface area contributed by atoms with Gasteiger partial charge in [-0.25, -0.2) is 0 Å². The fraction of sp³-hybridized carbons (Fsp3) is 0.400. The summed E-state index contributed by atoms with van der Waals surface area (Å²) < 4.78 is 0.800. The Hall–Kier alpha value is -4.22. The van der Waals surface area contributed by atoms with Gasteiger partial charge in [-0.2, -0.15) is 0 Å². The number of aliphatic carboxylic acids is 1. The van der Waals surface area contributed by atoms with Crippen molar-refractivity contribution in [2.24, 2.45) is 5.92 Å². The van der Waals surface area contributed by atoms with Gasteiger partial charge in [0, 0.05) is 0 Å². The monoisotopic (exact) mass is 661 g/mol. The van der Waals surface area contributed by atoms with Crippen LogP contribution in [0.1, 0.15) is 39.7 Å². The molecule has 2 rings (SSSR count). The molecule has 0 aliphatic rings. The van der Waals surface area contributed by atoms with Crippen molar-refractivity contribution in [3.63, 3.8) is 0 Å². The van der Waals surface area contributed by atoms with E-state index in [0.717, 1.165) is 10.0 Å². The van der Waals surface area contributed by atoms with Crippen molar-refractivity contribution in [2.45, 2.75) is 63.6 Å². The molecule has 0 saturated heterocycles. The van der Waals surface area contributed by atoms with Crippen LogP contribution >= 0.6 is 0 Å². The Morgan fingerprint density at radius 1 is 0.744 bits per heavy atom. The van der Waals surface area contributed by atoms with Crippen LogP contribution in [0, 0.1) is 5.92 Å². The summed E-state index contributed by atoms with van der Waals surface area (Å²) in [4.78, 5) is 74.2. The number of carbonyl (C=O) groups excluding carboxylic acids is 5. The molecule has 0 fully saturated rings. The van der Waals surface area contributed by atoms with E-state index in [9.17, 15) is 33.9 Å². The number of amides is 5. The molecule has 2 aromatic carbocycles. The van der Waals surface area contributed by atoms with E-state index in [0.29, 0.717) is 0 Å². The van der Waals surface area contributed by atoms with Crippen LogP contribution in [0.3, 0.4) is 0 Å². The average molecular weight is 661 g/mol. The summed E-state index contributed by atoms with van der Waals surface area (Å²) in [5.74, 6) is -4.08. The van der Waals surface area contributed by atoms with Gasteiger partial charge in [0.15, 0.2) is 0 Å². The van der Waals surface area contributed by atoms with Gasteiger partial charge >= 0.3 is 258 Å². The van der Waals surface area contributed by atoms with Crippen LogP contribution < -0.4 is 31.0 Å². The molecule has 5 amide bonds. The summed E-state index contributed by atoms with van der Waals surface area (Å²) in [5, 5.41) is 22.2. The van der Waals surface area contributed by atoms with Gasteiger partial charge in [0.25, 0.3) is 0 Å². The third-order valence-corrected chi connectivity index (χ3v) is 8.34. The van der Waals surface area contributed by atoms with Gasteiger partial charge in [-0.1, -0.05) is 0 Å². The molecule has 0 aliphatic heterocycles. The third-order valence-electron chi connectivity index (χ3n) is 6.01. The minimum atomic E-state index is -1.23. The summed E-state index contributed by atoms with van der Waals surface area (Å²) in [5.41, 5.74) is 0.735. The topological polar surface area (TPSA) is 183 Å². The second kappa shape index (κ2) is 17.7. The maximum atomic E-state index is 13.7. The number of rotatable bonds is 16. The number of benzene rings is 2. The van der Waals surface area contributed by atoms with Crippen LogP contribution in [0.5, 0.6) is 0 Å². The summed E-state index contributed by atoms with van der Waals surface area (Å²) in [6.45, 7) is 6.04. The van der Waals surface area contributed by atoms with Crippen LogP contribution in [-0.4, -0.2) is 85.2 Å². The summed E-state index contributed by atoms with van der Waals surface area (Å²) >= 11 is -0.633. The molecule has 0 aliphatic carbocycles. The predicted molar refractivity (Wildman–Crippen MR) is 161 cm³/mol. The van der Waals surface area contributed by atoms with Crippen molar-refractivity contribution in [1.82, 2.24) is 26.6 Å². The quantitative estimate of drug-likeness (QED) is 0.131. The molecule has 6 N–H and O–H groups in total. The Labute approximate surface area is 257 Å². The van der Waals surface area contributed by atoms with Crippen molar-refractivity contribution in [3.05, 3.63) is 66.2 Å². The molecule has 232 valence electrons. The fourth-order valence-electron chi connectivity index (χ4n) is 3.85. The van der Waals surface area contributed by atoms with Crippen molar-refractivity contribution in [3.8, 4) is 0 Å². The standard InChI is InChI=1S/C30H39N5O7Se/c1-18(2)15-23(33-25(37)17-31-20(4)36)27(39)35-29(43-22-13-9-6-10-14-22)28(40)34-24(16-21-11-7-5-8-12-21)26(38)32-19(3)30(41)42/h5-14,18-19,23-24,29H,15-17H2,1-4H3,(H,31,36)(H,32,38)(H,33,37)(H,34,40)(H,35,39)(H,41,42)/t19-,23-,24-,29-/m0/s1. The molecule has 43 heavy (non-hydrogen) atoms. The van der Waals surface area contributed by atoms with E-state index < -0.39 is 73.5 Å². The van der Waals surface area contributed by atoms with E-state index in [4.69, 9.17) is 0 Å². The maximum absolute atomic E-state index is 13.7. The van der Waals surface area contributed by atoms with Gasteiger partial charge in [0.05, 0.1) is 0 Å². The Morgan fingerprint density at radius 2 is 1.33 bits per heavy atom. The Morgan fingerprint density at radius 3 is 1.88 bits per heavy atom. The molecule has 0 aromatic heterocycles. The first-order valence-electron chi connectivity index (χ1n) is 13.8. The number of carboxylic acid groups (broad SMARTS) is 1. The van der Waals surface area contributed by atoms with Crippen molar-refractivity contribution < 1.29 is 33.9 Å². The molecule has 0 spiro atoms. The zero-order valence-corrected chi connectivity index (χ0v) is 26.3. The van der Waals surface area contributed by atoms with Gasteiger partial charge in [-0.3, -0.25) is 0 Å². The van der Waals surface area contributed by atoms with E-state index in [1.807, 2.05) is 32.0 Å². The van der Waals surface area contributed by atoms with Gasteiger partial charge in [-0.05, 0) is 0 Å². The molecular weight excluding hydrogens is 621 g/mol. The minimum absolute atomic E-state index is 0.0129. The van der Waals surface area contributed by atoms with E-state index in [2.05, 4.69) is 26.6 Å². The molecule has 0 radical (unpaired) electrons. The first-order chi connectivity index (χ1) is 20.3. The molecule has 12 nitrogen and oxygen atoms in total. The third kappa shape index (κ3) is 13.1. The van der Waals surface area contributed by atoms with Crippen LogP contribution in [-0.2, 0) is 35.2 Å². The number of carboxylic acids is 1. The molecule has 4 atom stereocenters. The van der Waals surface area contributed by atoms with Gasteiger partial charge in [-0.15, -0.1) is 0 Å². The normalized spacial score (nSPS) is 13.5. The zero-order valence-electron chi connectivity index (χ0n) is 24.6. The Bertz CT molecular complexity index is 1260. The molecule has 2 aromatic rings. The summed E-state index contributed by atoms with van der Waals surface area (Å²) in [6.07, 6.45) is 0.357. The summed E-state index contributed by atoms with van der Waals surface area (Å²) in [7, 11) is 0. The molecule has 0 heterocycles. The first kappa shape index (κ1) is 35.0. The SMILES string of the molecule is CC(=O)NCC(=O)N[C@@H](CC(C)C)C(=O)N[C@@H]([Se]c1ccccc1)C(=O)N[C@@H](Cc1ccccc1)C(=O)N[C@@H](C)C(=O)O. The van der Waals surface area contributed by atoms with Gasteiger partial charge < -0.3 is 0 Å². The molecule has 0 saturated carbocycles.